The molecule has 0 aliphatic rings. The van der Waals surface area contributed by atoms with E-state index in [0.29, 0.717) is 6.04 Å². The summed E-state index contributed by atoms with van der Waals surface area (Å²) in [5, 5.41) is 3.57. The molecular weight excluding hydrogens is 146 g/mol. The van der Waals surface area contributed by atoms with Crippen LogP contribution in [0.4, 0.5) is 0 Å². The molecule has 0 bridgehead atoms. The first kappa shape index (κ1) is 12.0. The van der Waals surface area contributed by atoms with Crippen LogP contribution in [0.25, 0.3) is 0 Å². The summed E-state index contributed by atoms with van der Waals surface area (Å²) >= 11 is 0. The van der Waals surface area contributed by atoms with Gasteiger partial charge in [-0.25, -0.2) is 0 Å². The zero-order valence-electron chi connectivity index (χ0n) is 9.19. The van der Waals surface area contributed by atoms with Crippen LogP contribution in [0.2, 0.25) is 0 Å². The minimum absolute atomic E-state index is 0.687. The van der Waals surface area contributed by atoms with Crippen LogP contribution in [0.5, 0.6) is 0 Å². The van der Waals surface area contributed by atoms with Gasteiger partial charge < -0.3 is 5.32 Å². The molecule has 1 N–H and O–H groups in total. The van der Waals surface area contributed by atoms with Crippen molar-refractivity contribution < 1.29 is 0 Å². The summed E-state index contributed by atoms with van der Waals surface area (Å²) in [5.41, 5.74) is 0. The molecule has 0 spiro atoms. The van der Waals surface area contributed by atoms with Crippen molar-refractivity contribution in [2.45, 2.75) is 59.4 Å². The fraction of sp³-hybridized carbons (Fsp3) is 1.00. The van der Waals surface area contributed by atoms with Crippen molar-refractivity contribution >= 4 is 0 Å². The van der Waals surface area contributed by atoms with Gasteiger partial charge in [0.1, 0.15) is 0 Å². The van der Waals surface area contributed by atoms with E-state index in [1.807, 2.05) is 0 Å². The maximum atomic E-state index is 3.57. The fourth-order valence-corrected chi connectivity index (χ4v) is 1.26. The van der Waals surface area contributed by atoms with E-state index >= 15 is 0 Å². The molecule has 0 aliphatic heterocycles. The molecule has 0 rings (SSSR count). The average molecular weight is 171 g/mol. The molecule has 2 unspecified atom stereocenters. The highest BCUT2D eigenvalue weighted by atomic mass is 14.9. The molecule has 0 saturated carbocycles. The lowest BCUT2D eigenvalue weighted by atomic mass is 10.0. The maximum Gasteiger partial charge on any atom is 0.00642 e. The average Bonchev–Trinajstić information content (AvgIpc) is 2.10. The van der Waals surface area contributed by atoms with Gasteiger partial charge in [-0.3, -0.25) is 0 Å². The lowest BCUT2D eigenvalue weighted by Gasteiger charge is -2.19. The van der Waals surface area contributed by atoms with Crippen molar-refractivity contribution in [3.8, 4) is 0 Å². The van der Waals surface area contributed by atoms with Crippen molar-refractivity contribution in [3.05, 3.63) is 0 Å². The van der Waals surface area contributed by atoms with Crippen LogP contribution in [-0.4, -0.2) is 12.6 Å². The van der Waals surface area contributed by atoms with Gasteiger partial charge in [0.15, 0.2) is 0 Å². The summed E-state index contributed by atoms with van der Waals surface area (Å²) in [6, 6.07) is 0.687. The van der Waals surface area contributed by atoms with Gasteiger partial charge in [0.05, 0.1) is 0 Å². The van der Waals surface area contributed by atoms with Crippen LogP contribution >= 0.6 is 0 Å². The lowest BCUT2D eigenvalue weighted by molar-refractivity contribution is 0.387. The summed E-state index contributed by atoms with van der Waals surface area (Å²) < 4.78 is 0. The number of nitrogens with one attached hydrogen (secondary N) is 1. The quantitative estimate of drug-likeness (QED) is 0.580. The summed E-state index contributed by atoms with van der Waals surface area (Å²) in [6.45, 7) is 10.3. The third kappa shape index (κ3) is 5.59. The zero-order valence-corrected chi connectivity index (χ0v) is 9.19. The van der Waals surface area contributed by atoms with Crippen molar-refractivity contribution in [1.29, 1.82) is 0 Å². The largest absolute Gasteiger partial charge is 0.314 e. The van der Waals surface area contributed by atoms with Gasteiger partial charge in [-0.15, -0.1) is 0 Å². The zero-order chi connectivity index (χ0) is 9.40. The van der Waals surface area contributed by atoms with Gasteiger partial charge in [-0.2, -0.15) is 0 Å². The van der Waals surface area contributed by atoms with E-state index in [2.05, 4.69) is 33.0 Å². The number of hydrogen-bond acceptors (Lipinski definition) is 1. The molecule has 0 fully saturated rings. The third-order valence-electron chi connectivity index (χ3n) is 2.74. The normalized spacial score (nSPS) is 16.0. The van der Waals surface area contributed by atoms with Crippen LogP contribution < -0.4 is 5.32 Å². The van der Waals surface area contributed by atoms with Crippen molar-refractivity contribution in [2.75, 3.05) is 6.54 Å². The van der Waals surface area contributed by atoms with Crippen LogP contribution in [-0.2, 0) is 0 Å². The Hall–Kier alpha value is -0.0400. The highest BCUT2D eigenvalue weighted by molar-refractivity contribution is 4.66. The van der Waals surface area contributed by atoms with Gasteiger partial charge >= 0.3 is 0 Å². The Morgan fingerprint density at radius 3 is 2.25 bits per heavy atom. The Morgan fingerprint density at radius 1 is 1.08 bits per heavy atom. The predicted molar refractivity (Wildman–Crippen MR) is 56.4 cm³/mol. The molecule has 1 nitrogen and oxygen atoms in total. The van der Waals surface area contributed by atoms with Crippen molar-refractivity contribution in [2.24, 2.45) is 5.92 Å². The van der Waals surface area contributed by atoms with Crippen molar-refractivity contribution in [1.82, 2.24) is 5.32 Å². The minimum atomic E-state index is 0.687. The summed E-state index contributed by atoms with van der Waals surface area (Å²) in [7, 11) is 0. The van der Waals surface area contributed by atoms with E-state index in [1.165, 1.54) is 32.2 Å². The van der Waals surface area contributed by atoms with E-state index in [9.17, 15) is 0 Å². The predicted octanol–water partition coefficient (Wildman–Crippen LogP) is 3.20. The third-order valence-corrected chi connectivity index (χ3v) is 2.74. The van der Waals surface area contributed by atoms with Gasteiger partial charge in [-0.1, -0.05) is 40.0 Å². The molecule has 0 aromatic rings. The Labute approximate surface area is 77.9 Å². The van der Waals surface area contributed by atoms with Crippen molar-refractivity contribution in [3.63, 3.8) is 0 Å². The molecule has 0 aliphatic carbocycles. The van der Waals surface area contributed by atoms with E-state index in [-0.39, 0.29) is 0 Å². The van der Waals surface area contributed by atoms with E-state index < -0.39 is 0 Å². The minimum Gasteiger partial charge on any atom is -0.314 e. The smallest absolute Gasteiger partial charge is 0.00642 e. The monoisotopic (exact) mass is 171 g/mol. The number of unbranched alkanes of at least 4 members (excludes halogenated alkanes) is 2. The van der Waals surface area contributed by atoms with Crippen LogP contribution in [0.1, 0.15) is 53.4 Å². The van der Waals surface area contributed by atoms with E-state index in [0.717, 1.165) is 5.92 Å². The molecule has 0 radical (unpaired) electrons. The van der Waals surface area contributed by atoms with Gasteiger partial charge in [0.25, 0.3) is 0 Å². The molecule has 1 heteroatoms. The van der Waals surface area contributed by atoms with E-state index in [4.69, 9.17) is 0 Å². The molecule has 0 heterocycles. The van der Waals surface area contributed by atoms with Crippen LogP contribution in [0, 0.1) is 5.92 Å². The van der Waals surface area contributed by atoms with Crippen LogP contribution in [0.15, 0.2) is 0 Å². The Morgan fingerprint density at radius 2 is 1.75 bits per heavy atom. The first-order valence-corrected chi connectivity index (χ1v) is 5.45. The SMILES string of the molecule is CCCCCNC(C)C(C)CC. The molecular formula is C11H25N. The molecule has 2 atom stereocenters. The summed E-state index contributed by atoms with van der Waals surface area (Å²) in [4.78, 5) is 0. The number of hydrogen-bond donors (Lipinski definition) is 1. The van der Waals surface area contributed by atoms with Gasteiger partial charge in [0.2, 0.25) is 0 Å². The molecule has 0 saturated heterocycles. The molecule has 74 valence electrons. The lowest BCUT2D eigenvalue weighted by Crippen LogP contribution is -2.32. The second-order valence-corrected chi connectivity index (χ2v) is 3.84. The topological polar surface area (TPSA) is 12.0 Å². The Kier molecular flexibility index (Phi) is 7.58. The molecule has 0 aromatic heterocycles. The Balaban J connectivity index is 3.24. The van der Waals surface area contributed by atoms with Gasteiger partial charge in [0, 0.05) is 6.04 Å². The first-order chi connectivity index (χ1) is 5.72. The molecule has 0 amide bonds. The van der Waals surface area contributed by atoms with Crippen LogP contribution in [0.3, 0.4) is 0 Å². The first-order valence-electron chi connectivity index (χ1n) is 5.45. The number of rotatable bonds is 7. The maximum absolute atomic E-state index is 3.57. The molecule has 0 aromatic carbocycles. The van der Waals surface area contributed by atoms with Gasteiger partial charge in [-0.05, 0) is 25.8 Å². The highest BCUT2D eigenvalue weighted by Crippen LogP contribution is 2.06. The standard InChI is InChI=1S/C11H25N/c1-5-7-8-9-12-11(4)10(3)6-2/h10-12H,5-9H2,1-4H3. The Bertz CT molecular complexity index is 91.0. The summed E-state index contributed by atoms with van der Waals surface area (Å²) in [5.74, 6) is 0.812. The molecule has 12 heavy (non-hydrogen) atoms. The second-order valence-electron chi connectivity index (χ2n) is 3.84. The van der Waals surface area contributed by atoms with E-state index in [1.54, 1.807) is 0 Å². The fourth-order valence-electron chi connectivity index (χ4n) is 1.26. The summed E-state index contributed by atoms with van der Waals surface area (Å²) in [6.07, 6.45) is 5.29. The highest BCUT2D eigenvalue weighted by Gasteiger charge is 2.07. The second kappa shape index (κ2) is 7.60.